The van der Waals surface area contributed by atoms with E-state index in [1.807, 2.05) is 6.07 Å². The molecule has 4 aromatic rings. The Morgan fingerprint density at radius 3 is 2.84 bits per heavy atom. The Morgan fingerprint density at radius 1 is 1.23 bits per heavy atom. The zero-order valence-electron chi connectivity index (χ0n) is 16.0. The Kier molecular flexibility index (Phi) is 4.79. The monoisotopic (exact) mass is 499 g/mol. The van der Waals surface area contributed by atoms with Crippen LogP contribution in [0, 0.1) is 0 Å². The topological polar surface area (TPSA) is 104 Å². The van der Waals surface area contributed by atoms with Gasteiger partial charge in [0.25, 0.3) is 5.56 Å². The molecule has 156 valence electrons. The van der Waals surface area contributed by atoms with Gasteiger partial charge in [0.2, 0.25) is 5.95 Å². The number of anilines is 1. The van der Waals surface area contributed by atoms with Crippen molar-refractivity contribution in [2.75, 3.05) is 11.4 Å². The van der Waals surface area contributed by atoms with Crippen molar-refractivity contribution in [3.8, 4) is 5.95 Å². The van der Waals surface area contributed by atoms with Gasteiger partial charge in [-0.2, -0.15) is 5.10 Å². The number of benzene rings is 2. The second kappa shape index (κ2) is 7.51. The highest BCUT2D eigenvalue weighted by molar-refractivity contribution is 9.10. The van der Waals surface area contributed by atoms with Gasteiger partial charge in [0.05, 0.1) is 33.4 Å². The number of carboxylic acids is 1. The highest BCUT2D eigenvalue weighted by Gasteiger charge is 2.20. The van der Waals surface area contributed by atoms with Crippen LogP contribution in [0.3, 0.4) is 0 Å². The van der Waals surface area contributed by atoms with Crippen molar-refractivity contribution in [3.63, 3.8) is 0 Å². The lowest BCUT2D eigenvalue weighted by molar-refractivity contribution is 0.0697. The molecule has 2 aromatic heterocycles. The molecule has 8 nitrogen and oxygen atoms in total. The SMILES string of the molecule is O=C(O)c1cnn(-c2nc3cc(Cl)c(N4CCc5ccc(Br)cc5C4)cc3c(=O)[nH]2)c1. The van der Waals surface area contributed by atoms with Crippen LogP contribution in [0.25, 0.3) is 16.9 Å². The number of hydrogen-bond donors (Lipinski definition) is 2. The van der Waals surface area contributed by atoms with E-state index in [1.54, 1.807) is 12.1 Å². The van der Waals surface area contributed by atoms with Gasteiger partial charge in [-0.1, -0.05) is 33.6 Å². The quantitative estimate of drug-likeness (QED) is 0.444. The molecule has 3 heterocycles. The molecule has 0 aliphatic carbocycles. The van der Waals surface area contributed by atoms with E-state index in [-0.39, 0.29) is 17.1 Å². The first-order chi connectivity index (χ1) is 14.9. The van der Waals surface area contributed by atoms with E-state index in [0.717, 1.165) is 23.1 Å². The molecule has 10 heteroatoms. The molecule has 0 atom stereocenters. The summed E-state index contributed by atoms with van der Waals surface area (Å²) in [6.45, 7) is 1.48. The molecule has 0 unspecified atom stereocenters. The molecular weight excluding hydrogens is 486 g/mol. The maximum atomic E-state index is 12.8. The van der Waals surface area contributed by atoms with Crippen LogP contribution in [0.1, 0.15) is 21.5 Å². The van der Waals surface area contributed by atoms with E-state index >= 15 is 0 Å². The van der Waals surface area contributed by atoms with Crippen molar-refractivity contribution >= 4 is 50.1 Å². The average Bonchev–Trinajstić information content (AvgIpc) is 3.23. The first-order valence-electron chi connectivity index (χ1n) is 9.43. The normalized spacial score (nSPS) is 13.4. The molecule has 0 spiro atoms. The standard InChI is InChI=1S/C21H15BrClN5O3/c22-14-2-1-11-3-4-27(9-12(11)5-14)18-6-15-17(7-16(18)23)25-21(26-19(15)29)28-10-13(8-24-28)20(30)31/h1-2,5-8,10H,3-4,9H2,(H,30,31)(H,25,26,29). The minimum Gasteiger partial charge on any atom is -0.478 e. The molecule has 0 radical (unpaired) electrons. The smallest absolute Gasteiger partial charge is 0.338 e. The summed E-state index contributed by atoms with van der Waals surface area (Å²) in [6.07, 6.45) is 3.36. The number of carboxylic acid groups (broad SMARTS) is 1. The number of hydrogen-bond acceptors (Lipinski definition) is 5. The van der Waals surface area contributed by atoms with Gasteiger partial charge in [0.1, 0.15) is 0 Å². The summed E-state index contributed by atoms with van der Waals surface area (Å²) >= 11 is 10.1. The van der Waals surface area contributed by atoms with Gasteiger partial charge >= 0.3 is 5.97 Å². The van der Waals surface area contributed by atoms with Crippen LogP contribution in [-0.4, -0.2) is 37.4 Å². The van der Waals surface area contributed by atoms with Crippen molar-refractivity contribution in [3.05, 3.63) is 79.3 Å². The fourth-order valence-corrected chi connectivity index (χ4v) is 4.45. The fraction of sp³-hybridized carbons (Fsp3) is 0.143. The van der Waals surface area contributed by atoms with Gasteiger partial charge in [-0.25, -0.2) is 14.5 Å². The highest BCUT2D eigenvalue weighted by atomic mass is 79.9. The Balaban J connectivity index is 1.54. The van der Waals surface area contributed by atoms with Gasteiger partial charge in [-0.15, -0.1) is 0 Å². The minimum absolute atomic E-state index is 0.00635. The number of fused-ring (bicyclic) bond motifs is 2. The third-order valence-electron chi connectivity index (χ3n) is 5.33. The van der Waals surface area contributed by atoms with Crippen LogP contribution in [0.15, 0.2) is 52.0 Å². The Labute approximate surface area is 189 Å². The largest absolute Gasteiger partial charge is 0.478 e. The molecular formula is C21H15BrClN5O3. The van der Waals surface area contributed by atoms with E-state index in [1.165, 1.54) is 28.2 Å². The number of carbonyl (C=O) groups is 1. The highest BCUT2D eigenvalue weighted by Crippen LogP contribution is 2.33. The summed E-state index contributed by atoms with van der Waals surface area (Å²) in [6, 6.07) is 9.68. The minimum atomic E-state index is -1.11. The molecule has 1 aliphatic rings. The van der Waals surface area contributed by atoms with Crippen LogP contribution in [0.2, 0.25) is 5.02 Å². The molecule has 31 heavy (non-hydrogen) atoms. The average molecular weight is 501 g/mol. The van der Waals surface area contributed by atoms with Crippen LogP contribution >= 0.6 is 27.5 Å². The number of aromatic amines is 1. The predicted octanol–water partition coefficient (Wildman–Crippen LogP) is 3.79. The van der Waals surface area contributed by atoms with Crippen molar-refractivity contribution in [2.45, 2.75) is 13.0 Å². The van der Waals surface area contributed by atoms with E-state index in [9.17, 15) is 9.59 Å². The second-order valence-corrected chi connectivity index (χ2v) is 8.60. The lowest BCUT2D eigenvalue weighted by Crippen LogP contribution is -2.30. The fourth-order valence-electron chi connectivity index (χ4n) is 3.77. The summed E-state index contributed by atoms with van der Waals surface area (Å²) in [5, 5.41) is 13.9. The molecule has 0 bridgehead atoms. The Bertz CT molecular complexity index is 1410. The van der Waals surface area contributed by atoms with E-state index in [0.29, 0.717) is 22.5 Å². The molecule has 0 amide bonds. The van der Waals surface area contributed by atoms with E-state index in [2.05, 4.69) is 48.0 Å². The van der Waals surface area contributed by atoms with Gasteiger partial charge in [-0.3, -0.25) is 9.78 Å². The molecule has 5 rings (SSSR count). The van der Waals surface area contributed by atoms with E-state index in [4.69, 9.17) is 16.7 Å². The number of H-pyrrole nitrogens is 1. The maximum Gasteiger partial charge on any atom is 0.338 e. The van der Waals surface area contributed by atoms with Crippen LogP contribution < -0.4 is 10.5 Å². The Hall–Kier alpha value is -3.17. The molecule has 0 saturated carbocycles. The summed E-state index contributed by atoms with van der Waals surface area (Å²) in [5.41, 5.74) is 3.33. The van der Waals surface area contributed by atoms with Crippen molar-refractivity contribution in [1.82, 2.24) is 19.7 Å². The molecule has 1 aliphatic heterocycles. The summed E-state index contributed by atoms with van der Waals surface area (Å²) in [5.74, 6) is -0.997. The van der Waals surface area contributed by atoms with Crippen molar-refractivity contribution < 1.29 is 9.90 Å². The maximum absolute atomic E-state index is 12.8. The zero-order chi connectivity index (χ0) is 21.7. The number of aromatic nitrogens is 4. The first kappa shape index (κ1) is 19.8. The number of rotatable bonds is 3. The molecule has 0 fully saturated rings. The number of nitrogens with one attached hydrogen (secondary N) is 1. The second-order valence-electron chi connectivity index (χ2n) is 7.27. The Morgan fingerprint density at radius 2 is 2.06 bits per heavy atom. The first-order valence-corrected chi connectivity index (χ1v) is 10.6. The zero-order valence-corrected chi connectivity index (χ0v) is 18.3. The number of aromatic carboxylic acids is 1. The van der Waals surface area contributed by atoms with E-state index < -0.39 is 5.97 Å². The summed E-state index contributed by atoms with van der Waals surface area (Å²) < 4.78 is 2.24. The molecule has 2 aromatic carbocycles. The van der Waals surface area contributed by atoms with Crippen molar-refractivity contribution in [1.29, 1.82) is 0 Å². The third kappa shape index (κ3) is 3.60. The lowest BCUT2D eigenvalue weighted by Gasteiger charge is -2.31. The van der Waals surface area contributed by atoms with Crippen LogP contribution in [0.4, 0.5) is 5.69 Å². The number of halogens is 2. The van der Waals surface area contributed by atoms with Crippen molar-refractivity contribution in [2.24, 2.45) is 0 Å². The van der Waals surface area contributed by atoms with Gasteiger partial charge in [0, 0.05) is 23.8 Å². The summed E-state index contributed by atoms with van der Waals surface area (Å²) in [7, 11) is 0. The number of nitrogens with zero attached hydrogens (tertiary/aromatic N) is 4. The predicted molar refractivity (Wildman–Crippen MR) is 120 cm³/mol. The molecule has 0 saturated heterocycles. The summed E-state index contributed by atoms with van der Waals surface area (Å²) in [4.78, 5) is 33.1. The van der Waals surface area contributed by atoms with Gasteiger partial charge < -0.3 is 10.0 Å². The van der Waals surface area contributed by atoms with Gasteiger partial charge in [0.15, 0.2) is 0 Å². The van der Waals surface area contributed by atoms with Crippen LogP contribution in [0.5, 0.6) is 0 Å². The van der Waals surface area contributed by atoms with Crippen LogP contribution in [-0.2, 0) is 13.0 Å². The van der Waals surface area contributed by atoms with Gasteiger partial charge in [-0.05, 0) is 41.8 Å². The third-order valence-corrected chi connectivity index (χ3v) is 6.13. The molecule has 2 N–H and O–H groups in total. The lowest BCUT2D eigenvalue weighted by atomic mass is 9.99.